The van der Waals surface area contributed by atoms with Crippen LogP contribution in [-0.2, 0) is 6.54 Å². The van der Waals surface area contributed by atoms with Crippen LogP contribution < -0.4 is 25.4 Å². The normalized spacial score (nSPS) is 13.8. The second kappa shape index (κ2) is 10.9. The largest absolute Gasteiger partial charge is 0.497 e. The number of rotatable bonds is 7. The average Bonchev–Trinajstić information content (AvgIpc) is 3.20. The summed E-state index contributed by atoms with van der Waals surface area (Å²) in [6, 6.07) is 15.0. The maximum atomic E-state index is 12.8. The zero-order chi connectivity index (χ0) is 22.5. The highest BCUT2D eigenvalue weighted by Crippen LogP contribution is 2.28. The number of aromatic nitrogens is 2. The molecule has 2 heterocycles. The van der Waals surface area contributed by atoms with Gasteiger partial charge in [0.15, 0.2) is 0 Å². The number of H-pyrrole nitrogens is 2. The van der Waals surface area contributed by atoms with E-state index < -0.39 is 5.69 Å². The number of benzene rings is 2. The smallest absolute Gasteiger partial charge is 0.323 e. The fourth-order valence-corrected chi connectivity index (χ4v) is 3.86. The van der Waals surface area contributed by atoms with Gasteiger partial charge < -0.3 is 29.7 Å². The second-order valence-electron chi connectivity index (χ2n) is 7.55. The first-order chi connectivity index (χ1) is 15.6. The Hall–Kier alpha value is -3.43. The highest BCUT2D eigenvalue weighted by molar-refractivity contribution is 6.03. The van der Waals surface area contributed by atoms with Crippen LogP contribution in [-0.4, -0.2) is 61.2 Å². The van der Waals surface area contributed by atoms with Crippen molar-refractivity contribution in [1.82, 2.24) is 14.9 Å². The van der Waals surface area contributed by atoms with Crippen LogP contribution >= 0.6 is 12.4 Å². The molecule has 176 valence electrons. The first-order valence-corrected chi connectivity index (χ1v) is 10.4. The van der Waals surface area contributed by atoms with Crippen LogP contribution in [0.5, 0.6) is 11.5 Å². The molecule has 0 bridgehead atoms. The van der Waals surface area contributed by atoms with E-state index in [0.717, 1.165) is 37.6 Å². The molecule has 1 amide bonds. The van der Waals surface area contributed by atoms with Gasteiger partial charge in [0.05, 0.1) is 25.6 Å². The zero-order valence-corrected chi connectivity index (χ0v) is 19.4. The number of nitrogens with one attached hydrogen (secondary N) is 3. The lowest BCUT2D eigenvalue weighted by atomic mass is 10.2. The number of halogens is 1. The average molecular weight is 474 g/mol. The molecule has 1 aliphatic heterocycles. The summed E-state index contributed by atoms with van der Waals surface area (Å²) in [5, 5.41) is 2.82. The molecule has 3 N–H and O–H groups in total. The Morgan fingerprint density at radius 1 is 0.970 bits per heavy atom. The van der Waals surface area contributed by atoms with Gasteiger partial charge in [-0.05, 0) is 36.4 Å². The molecule has 1 aliphatic rings. The van der Waals surface area contributed by atoms with E-state index in [-0.39, 0.29) is 24.0 Å². The maximum absolute atomic E-state index is 12.8. The highest BCUT2D eigenvalue weighted by Gasteiger charge is 2.23. The third-order valence-electron chi connectivity index (χ3n) is 5.56. The Kier molecular flexibility index (Phi) is 8.02. The molecule has 4 rings (SSSR count). The van der Waals surface area contributed by atoms with Crippen LogP contribution in [0.2, 0.25) is 0 Å². The van der Waals surface area contributed by atoms with E-state index in [0.29, 0.717) is 23.7 Å². The van der Waals surface area contributed by atoms with Gasteiger partial charge in [-0.3, -0.25) is 9.69 Å². The molecule has 0 radical (unpaired) electrons. The minimum absolute atomic E-state index is 0. The topological polar surface area (TPSA) is 103 Å². The number of aromatic amines is 2. The van der Waals surface area contributed by atoms with Crippen molar-refractivity contribution in [3.05, 3.63) is 70.4 Å². The molecule has 0 unspecified atom stereocenters. The van der Waals surface area contributed by atoms with E-state index in [1.165, 1.54) is 0 Å². The predicted molar refractivity (Wildman–Crippen MR) is 130 cm³/mol. The van der Waals surface area contributed by atoms with E-state index in [1.54, 1.807) is 38.5 Å². The van der Waals surface area contributed by atoms with Gasteiger partial charge in [-0.25, -0.2) is 4.79 Å². The van der Waals surface area contributed by atoms with E-state index in [4.69, 9.17) is 9.47 Å². The summed E-state index contributed by atoms with van der Waals surface area (Å²) in [4.78, 5) is 34.6. The first kappa shape index (κ1) is 24.2. The van der Waals surface area contributed by atoms with Crippen LogP contribution in [0.1, 0.15) is 16.2 Å². The number of hydrogen-bond donors (Lipinski definition) is 3. The van der Waals surface area contributed by atoms with Gasteiger partial charge in [-0.2, -0.15) is 0 Å². The summed E-state index contributed by atoms with van der Waals surface area (Å²) in [5.41, 5.74) is 2.12. The summed E-state index contributed by atoms with van der Waals surface area (Å²) in [6.07, 6.45) is 0. The van der Waals surface area contributed by atoms with Crippen molar-refractivity contribution >= 4 is 29.7 Å². The number of hydrogen-bond acceptors (Lipinski definition) is 6. The van der Waals surface area contributed by atoms with E-state index >= 15 is 0 Å². The predicted octanol–water partition coefficient (Wildman–Crippen LogP) is 2.72. The van der Waals surface area contributed by atoms with Crippen LogP contribution in [0.15, 0.2) is 53.3 Å². The van der Waals surface area contributed by atoms with E-state index in [2.05, 4.69) is 31.2 Å². The Morgan fingerprint density at radius 3 is 2.33 bits per heavy atom. The maximum Gasteiger partial charge on any atom is 0.323 e. The number of carbonyl (C=O) groups excluding carboxylic acids is 1. The molecule has 0 spiro atoms. The third kappa shape index (κ3) is 5.68. The van der Waals surface area contributed by atoms with Crippen LogP contribution in [0.25, 0.3) is 0 Å². The number of amides is 1. The summed E-state index contributed by atoms with van der Waals surface area (Å²) in [5.74, 6) is 1.19. The van der Waals surface area contributed by atoms with Gasteiger partial charge in [0.25, 0.3) is 5.91 Å². The van der Waals surface area contributed by atoms with Crippen molar-refractivity contribution in [2.75, 3.05) is 50.6 Å². The van der Waals surface area contributed by atoms with Crippen LogP contribution in [0.4, 0.5) is 11.4 Å². The summed E-state index contributed by atoms with van der Waals surface area (Å²) in [6.45, 7) is 3.71. The highest BCUT2D eigenvalue weighted by atomic mass is 35.5. The summed E-state index contributed by atoms with van der Waals surface area (Å²) >= 11 is 0. The molecule has 1 aromatic heterocycles. The Morgan fingerprint density at radius 2 is 1.67 bits per heavy atom. The number of methoxy groups -OCH3 is 2. The summed E-state index contributed by atoms with van der Waals surface area (Å²) in [7, 11) is 3.26. The van der Waals surface area contributed by atoms with Crippen molar-refractivity contribution in [1.29, 1.82) is 0 Å². The van der Waals surface area contributed by atoms with Gasteiger partial charge in [-0.15, -0.1) is 12.4 Å². The summed E-state index contributed by atoms with van der Waals surface area (Å²) < 4.78 is 10.6. The molecule has 1 fully saturated rings. The molecule has 0 atom stereocenters. The molecule has 2 aromatic carbocycles. The quantitative estimate of drug-likeness (QED) is 0.487. The first-order valence-electron chi connectivity index (χ1n) is 10.4. The van der Waals surface area contributed by atoms with Crippen molar-refractivity contribution in [2.45, 2.75) is 6.54 Å². The number of piperazine rings is 1. The van der Waals surface area contributed by atoms with Crippen LogP contribution in [0, 0.1) is 0 Å². The second-order valence-corrected chi connectivity index (χ2v) is 7.55. The molecular formula is C23H28ClN5O4. The minimum Gasteiger partial charge on any atom is -0.497 e. The van der Waals surface area contributed by atoms with Gasteiger partial charge in [0.2, 0.25) is 0 Å². The Balaban J connectivity index is 0.00000306. The Labute approximate surface area is 198 Å². The lowest BCUT2D eigenvalue weighted by Crippen LogP contribution is -2.46. The zero-order valence-electron chi connectivity index (χ0n) is 18.6. The van der Waals surface area contributed by atoms with Gasteiger partial charge in [-0.1, -0.05) is 12.1 Å². The van der Waals surface area contributed by atoms with Gasteiger partial charge in [0.1, 0.15) is 17.2 Å². The van der Waals surface area contributed by atoms with Gasteiger partial charge >= 0.3 is 5.69 Å². The number of para-hydroxylation sites is 2. The molecule has 10 heteroatoms. The number of imidazole rings is 1. The lowest BCUT2D eigenvalue weighted by molar-refractivity contribution is 0.102. The monoisotopic (exact) mass is 473 g/mol. The van der Waals surface area contributed by atoms with Crippen molar-refractivity contribution in [2.24, 2.45) is 0 Å². The van der Waals surface area contributed by atoms with Gasteiger partial charge in [0, 0.05) is 38.4 Å². The molecule has 33 heavy (non-hydrogen) atoms. The minimum atomic E-state index is -0.396. The number of carbonyl (C=O) groups is 1. The molecular weight excluding hydrogens is 446 g/mol. The fourth-order valence-electron chi connectivity index (χ4n) is 3.86. The van der Waals surface area contributed by atoms with E-state index in [1.807, 2.05) is 18.2 Å². The van der Waals surface area contributed by atoms with Crippen molar-refractivity contribution in [3.8, 4) is 11.5 Å². The number of ether oxygens (including phenoxy) is 2. The van der Waals surface area contributed by atoms with Crippen molar-refractivity contribution in [3.63, 3.8) is 0 Å². The molecule has 3 aromatic rings. The SMILES string of the molecule is COc1ccc(NC(=O)c2[nH]c(=O)[nH]c2CN2CCN(c3ccccc3OC)CC2)cc1.Cl. The number of nitrogens with zero attached hydrogens (tertiary/aromatic N) is 2. The van der Waals surface area contributed by atoms with E-state index in [9.17, 15) is 9.59 Å². The molecule has 1 saturated heterocycles. The number of anilines is 2. The lowest BCUT2D eigenvalue weighted by Gasteiger charge is -2.36. The molecule has 0 saturated carbocycles. The Bertz CT molecular complexity index is 1120. The molecule has 0 aliphatic carbocycles. The fraction of sp³-hybridized carbons (Fsp3) is 0.304. The van der Waals surface area contributed by atoms with Crippen molar-refractivity contribution < 1.29 is 14.3 Å². The molecule has 9 nitrogen and oxygen atoms in total. The standard InChI is InChI=1S/C23H27N5O4.ClH/c1-31-17-9-7-16(8-10-17)24-22(29)21-18(25-23(30)26-21)15-27-11-13-28(14-12-27)19-5-3-4-6-20(19)32-2;/h3-10H,11-15H2,1-2H3,(H,24,29)(H2,25,26,30);1H. The third-order valence-corrected chi connectivity index (χ3v) is 5.56. The van der Waals surface area contributed by atoms with Crippen LogP contribution in [0.3, 0.4) is 0 Å².